The molecule has 0 aliphatic carbocycles. The Labute approximate surface area is 127 Å². The molecule has 0 spiro atoms. The van der Waals surface area contributed by atoms with Crippen LogP contribution >= 0.6 is 11.8 Å². The van der Waals surface area contributed by atoms with Crippen LogP contribution < -0.4 is 10.2 Å². The fourth-order valence-electron chi connectivity index (χ4n) is 2.65. The summed E-state index contributed by atoms with van der Waals surface area (Å²) >= 11 is 2.08. The second kappa shape index (κ2) is 7.32. The molecule has 1 saturated heterocycles. The summed E-state index contributed by atoms with van der Waals surface area (Å²) in [5.74, 6) is 1.22. The van der Waals surface area contributed by atoms with Crippen LogP contribution in [-0.4, -0.2) is 35.1 Å². The molecule has 20 heavy (non-hydrogen) atoms. The lowest BCUT2D eigenvalue weighted by molar-refractivity contribution is 0.617. The number of thioether (sulfide) groups is 1. The first-order valence-electron chi connectivity index (χ1n) is 7.68. The predicted molar refractivity (Wildman–Crippen MR) is 89.7 cm³/mol. The molecular formula is C16H27N3S. The Hall–Kier alpha value is -0.740. The number of aromatic nitrogens is 1. The maximum atomic E-state index is 4.49. The van der Waals surface area contributed by atoms with Gasteiger partial charge in [0.25, 0.3) is 0 Å². The number of nitrogens with zero attached hydrogens (tertiary/aromatic N) is 2. The van der Waals surface area contributed by atoms with Crippen molar-refractivity contribution in [3.63, 3.8) is 0 Å². The molecule has 1 aliphatic heterocycles. The molecule has 1 fully saturated rings. The minimum atomic E-state index is 0.584. The zero-order chi connectivity index (χ0) is 14.5. The minimum absolute atomic E-state index is 0.584. The Balaban J connectivity index is 2.21. The fraction of sp³-hybridized carbons (Fsp3) is 0.688. The van der Waals surface area contributed by atoms with Crippen LogP contribution in [0, 0.1) is 6.92 Å². The molecule has 4 heteroatoms. The molecule has 112 valence electrons. The first kappa shape index (κ1) is 15.6. The highest BCUT2D eigenvalue weighted by Crippen LogP contribution is 2.31. The SMILES string of the molecule is CCCNCc1cnc(C)cc1N1CCSC(C)C1C. The van der Waals surface area contributed by atoms with Crippen LogP contribution in [0.2, 0.25) is 0 Å². The van der Waals surface area contributed by atoms with Crippen LogP contribution in [-0.2, 0) is 6.54 Å². The third kappa shape index (κ3) is 3.67. The standard InChI is InChI=1S/C16H27N3S/c1-5-6-17-10-15-11-18-12(2)9-16(15)19-7-8-20-14(4)13(19)3/h9,11,13-14,17H,5-8,10H2,1-4H3. The van der Waals surface area contributed by atoms with Gasteiger partial charge in [-0.1, -0.05) is 13.8 Å². The van der Waals surface area contributed by atoms with Crippen LogP contribution in [0.15, 0.2) is 12.3 Å². The van der Waals surface area contributed by atoms with Gasteiger partial charge in [-0.3, -0.25) is 4.98 Å². The van der Waals surface area contributed by atoms with Gasteiger partial charge >= 0.3 is 0 Å². The van der Waals surface area contributed by atoms with E-state index >= 15 is 0 Å². The van der Waals surface area contributed by atoms with Crippen molar-refractivity contribution in [1.29, 1.82) is 0 Å². The van der Waals surface area contributed by atoms with E-state index in [1.807, 2.05) is 6.20 Å². The smallest absolute Gasteiger partial charge is 0.0448 e. The van der Waals surface area contributed by atoms with Crippen LogP contribution in [0.1, 0.15) is 38.4 Å². The molecule has 1 aromatic rings. The van der Waals surface area contributed by atoms with Gasteiger partial charge in [0.2, 0.25) is 0 Å². The zero-order valence-corrected chi connectivity index (χ0v) is 14.0. The molecule has 0 bridgehead atoms. The van der Waals surface area contributed by atoms with Crippen LogP contribution in [0.25, 0.3) is 0 Å². The number of hydrogen-bond acceptors (Lipinski definition) is 4. The van der Waals surface area contributed by atoms with E-state index in [9.17, 15) is 0 Å². The van der Waals surface area contributed by atoms with Gasteiger partial charge in [0.05, 0.1) is 0 Å². The highest BCUT2D eigenvalue weighted by molar-refractivity contribution is 8.00. The fourth-order valence-corrected chi connectivity index (χ4v) is 3.75. The zero-order valence-electron chi connectivity index (χ0n) is 13.1. The maximum absolute atomic E-state index is 4.49. The molecule has 0 aromatic carbocycles. The molecule has 1 aromatic heterocycles. The predicted octanol–water partition coefficient (Wildman–Crippen LogP) is 3.22. The van der Waals surface area contributed by atoms with Crippen LogP contribution in [0.5, 0.6) is 0 Å². The minimum Gasteiger partial charge on any atom is -0.367 e. The lowest BCUT2D eigenvalue weighted by atomic mass is 10.1. The molecule has 2 unspecified atom stereocenters. The third-order valence-corrected chi connectivity index (χ3v) is 5.37. The molecule has 2 atom stereocenters. The van der Waals surface area contributed by atoms with Crippen molar-refractivity contribution in [3.8, 4) is 0 Å². The maximum Gasteiger partial charge on any atom is 0.0448 e. The van der Waals surface area contributed by atoms with Crippen molar-refractivity contribution in [3.05, 3.63) is 23.5 Å². The van der Waals surface area contributed by atoms with Gasteiger partial charge in [-0.05, 0) is 32.9 Å². The summed E-state index contributed by atoms with van der Waals surface area (Å²) in [6, 6.07) is 2.84. The lowest BCUT2D eigenvalue weighted by Crippen LogP contribution is -2.45. The highest BCUT2D eigenvalue weighted by Gasteiger charge is 2.26. The molecule has 1 aliphatic rings. The normalized spacial score (nSPS) is 23.1. The number of anilines is 1. The van der Waals surface area contributed by atoms with E-state index in [4.69, 9.17) is 0 Å². The van der Waals surface area contributed by atoms with Crippen molar-refractivity contribution in [2.75, 3.05) is 23.7 Å². The molecular weight excluding hydrogens is 266 g/mol. The number of nitrogens with one attached hydrogen (secondary N) is 1. The van der Waals surface area contributed by atoms with Gasteiger partial charge in [-0.2, -0.15) is 11.8 Å². The van der Waals surface area contributed by atoms with E-state index < -0.39 is 0 Å². The van der Waals surface area contributed by atoms with Crippen LogP contribution in [0.4, 0.5) is 5.69 Å². The van der Waals surface area contributed by atoms with Gasteiger partial charge in [-0.15, -0.1) is 0 Å². The first-order chi connectivity index (χ1) is 9.63. The largest absolute Gasteiger partial charge is 0.367 e. The quantitative estimate of drug-likeness (QED) is 0.844. The lowest BCUT2D eigenvalue weighted by Gasteiger charge is -2.40. The summed E-state index contributed by atoms with van der Waals surface area (Å²) in [5.41, 5.74) is 3.81. The van der Waals surface area contributed by atoms with Gasteiger partial charge < -0.3 is 10.2 Å². The Morgan fingerprint density at radius 1 is 1.45 bits per heavy atom. The summed E-state index contributed by atoms with van der Waals surface area (Å²) in [5, 5.41) is 4.19. The Morgan fingerprint density at radius 3 is 3.00 bits per heavy atom. The first-order valence-corrected chi connectivity index (χ1v) is 8.72. The van der Waals surface area contributed by atoms with Gasteiger partial charge in [0.15, 0.2) is 0 Å². The molecule has 0 radical (unpaired) electrons. The summed E-state index contributed by atoms with van der Waals surface area (Å²) in [6.07, 6.45) is 3.22. The van der Waals surface area contributed by atoms with Crippen molar-refractivity contribution >= 4 is 17.4 Å². The van der Waals surface area contributed by atoms with Gasteiger partial charge in [-0.25, -0.2) is 0 Å². The van der Waals surface area contributed by atoms with E-state index in [2.05, 4.69) is 60.7 Å². The van der Waals surface area contributed by atoms with E-state index in [1.165, 1.54) is 23.4 Å². The Kier molecular flexibility index (Phi) is 5.73. The topological polar surface area (TPSA) is 28.2 Å². The summed E-state index contributed by atoms with van der Waals surface area (Å²) < 4.78 is 0. The average Bonchev–Trinajstić information content (AvgIpc) is 2.44. The Bertz CT molecular complexity index is 436. The number of aryl methyl sites for hydroxylation is 1. The number of hydrogen-bond donors (Lipinski definition) is 1. The van der Waals surface area contributed by atoms with Crippen LogP contribution in [0.3, 0.4) is 0 Å². The molecule has 0 saturated carbocycles. The van der Waals surface area contributed by atoms with E-state index in [1.54, 1.807) is 0 Å². The highest BCUT2D eigenvalue weighted by atomic mass is 32.2. The van der Waals surface area contributed by atoms with E-state index in [0.29, 0.717) is 11.3 Å². The van der Waals surface area contributed by atoms with Gasteiger partial charge in [0.1, 0.15) is 0 Å². The summed E-state index contributed by atoms with van der Waals surface area (Å²) in [7, 11) is 0. The molecule has 1 N–H and O–H groups in total. The van der Waals surface area contributed by atoms with E-state index in [0.717, 1.165) is 25.3 Å². The van der Waals surface area contributed by atoms with E-state index in [-0.39, 0.29) is 0 Å². The van der Waals surface area contributed by atoms with Crippen molar-refractivity contribution in [2.24, 2.45) is 0 Å². The molecule has 2 heterocycles. The van der Waals surface area contributed by atoms with Gasteiger partial charge in [0, 0.05) is 53.3 Å². The monoisotopic (exact) mass is 293 g/mol. The molecule has 3 nitrogen and oxygen atoms in total. The number of pyridine rings is 1. The average molecular weight is 293 g/mol. The Morgan fingerprint density at radius 2 is 2.25 bits per heavy atom. The summed E-state index contributed by atoms with van der Waals surface area (Å²) in [4.78, 5) is 7.05. The molecule has 2 rings (SSSR count). The van der Waals surface area contributed by atoms with Crippen molar-refractivity contribution in [2.45, 2.75) is 52.0 Å². The van der Waals surface area contributed by atoms with Crippen molar-refractivity contribution in [1.82, 2.24) is 10.3 Å². The van der Waals surface area contributed by atoms with Crippen molar-refractivity contribution < 1.29 is 0 Å². The third-order valence-electron chi connectivity index (χ3n) is 4.03. The second-order valence-corrected chi connectivity index (χ2v) is 7.13. The second-order valence-electron chi connectivity index (χ2n) is 5.64. The summed E-state index contributed by atoms with van der Waals surface area (Å²) in [6.45, 7) is 12.1. The molecule has 0 amide bonds. The number of rotatable bonds is 5.